The summed E-state index contributed by atoms with van der Waals surface area (Å²) in [5.41, 5.74) is 1.03. The molecule has 0 saturated carbocycles. The lowest BCUT2D eigenvalue weighted by atomic mass is 10.2. The normalized spacial score (nSPS) is 11.6. The number of nitrogens with zero attached hydrogens (tertiary/aromatic N) is 2. The van der Waals surface area contributed by atoms with Crippen LogP contribution in [0.2, 0.25) is 0 Å². The SMILES string of the molecule is CCc1nccn1S(=O)(=O)c1ccc(C)cc1. The largest absolute Gasteiger partial charge is 0.269 e. The third-order valence-corrected chi connectivity index (χ3v) is 4.29. The van der Waals surface area contributed by atoms with Crippen molar-refractivity contribution in [2.75, 3.05) is 0 Å². The smallest absolute Gasteiger partial charge is 0.241 e. The maximum Gasteiger partial charge on any atom is 0.269 e. The Bertz CT molecular complexity index is 612. The van der Waals surface area contributed by atoms with Gasteiger partial charge in [-0.3, -0.25) is 0 Å². The maximum absolute atomic E-state index is 12.3. The second-order valence-electron chi connectivity index (χ2n) is 3.81. The van der Waals surface area contributed by atoms with Crippen LogP contribution in [0.15, 0.2) is 41.6 Å². The molecule has 4 nitrogen and oxygen atoms in total. The number of imidazole rings is 1. The molecule has 1 heterocycles. The van der Waals surface area contributed by atoms with Gasteiger partial charge >= 0.3 is 0 Å². The molecule has 17 heavy (non-hydrogen) atoms. The minimum atomic E-state index is -3.50. The molecule has 0 aliphatic rings. The van der Waals surface area contributed by atoms with Crippen LogP contribution < -0.4 is 0 Å². The fourth-order valence-electron chi connectivity index (χ4n) is 1.61. The molecule has 5 heteroatoms. The molecule has 0 aliphatic carbocycles. The van der Waals surface area contributed by atoms with E-state index in [0.717, 1.165) is 5.56 Å². The Labute approximate surface area is 101 Å². The highest BCUT2D eigenvalue weighted by Gasteiger charge is 2.18. The molecule has 0 unspecified atom stereocenters. The van der Waals surface area contributed by atoms with Crippen molar-refractivity contribution >= 4 is 10.0 Å². The van der Waals surface area contributed by atoms with Crippen molar-refractivity contribution in [2.45, 2.75) is 25.2 Å². The number of aromatic nitrogens is 2. The summed E-state index contributed by atoms with van der Waals surface area (Å²) in [4.78, 5) is 4.32. The quantitative estimate of drug-likeness (QED) is 0.837. The predicted molar refractivity (Wildman–Crippen MR) is 65.4 cm³/mol. The van der Waals surface area contributed by atoms with E-state index in [2.05, 4.69) is 4.98 Å². The number of hydrogen-bond acceptors (Lipinski definition) is 3. The minimum absolute atomic E-state index is 0.288. The summed E-state index contributed by atoms with van der Waals surface area (Å²) >= 11 is 0. The molecule has 0 radical (unpaired) electrons. The molecule has 0 N–H and O–H groups in total. The second-order valence-corrected chi connectivity index (χ2v) is 5.63. The molecular weight excluding hydrogens is 236 g/mol. The Balaban J connectivity index is 2.54. The molecule has 1 aromatic heterocycles. The molecule has 2 aromatic rings. The van der Waals surface area contributed by atoms with Crippen molar-refractivity contribution in [1.82, 2.24) is 8.96 Å². The van der Waals surface area contributed by atoms with Crippen LogP contribution in [0.4, 0.5) is 0 Å². The molecular formula is C12H14N2O2S. The van der Waals surface area contributed by atoms with Gasteiger partial charge < -0.3 is 0 Å². The van der Waals surface area contributed by atoms with Gasteiger partial charge in [-0.2, -0.15) is 0 Å². The van der Waals surface area contributed by atoms with Crippen LogP contribution in [0.5, 0.6) is 0 Å². The summed E-state index contributed by atoms with van der Waals surface area (Å²) in [6, 6.07) is 6.80. The first-order valence-electron chi connectivity index (χ1n) is 5.40. The summed E-state index contributed by atoms with van der Waals surface area (Å²) in [6.07, 6.45) is 3.57. The molecule has 90 valence electrons. The van der Waals surface area contributed by atoms with Gasteiger partial charge in [0.25, 0.3) is 10.0 Å². The van der Waals surface area contributed by atoms with Crippen molar-refractivity contribution in [3.8, 4) is 0 Å². The number of benzene rings is 1. The number of aryl methyl sites for hydroxylation is 2. The van der Waals surface area contributed by atoms with E-state index in [9.17, 15) is 8.42 Å². The van der Waals surface area contributed by atoms with Gasteiger partial charge in [-0.25, -0.2) is 17.4 Å². The fourth-order valence-corrected chi connectivity index (χ4v) is 2.99. The summed E-state index contributed by atoms with van der Waals surface area (Å²) in [6.45, 7) is 3.80. The van der Waals surface area contributed by atoms with Crippen LogP contribution in [0.3, 0.4) is 0 Å². The molecule has 0 saturated heterocycles. The van der Waals surface area contributed by atoms with E-state index in [1.54, 1.807) is 24.3 Å². The van der Waals surface area contributed by atoms with Gasteiger partial charge in [0.15, 0.2) is 0 Å². The van der Waals surface area contributed by atoms with Crippen LogP contribution in [0.1, 0.15) is 18.3 Å². The first-order chi connectivity index (χ1) is 8.05. The van der Waals surface area contributed by atoms with E-state index >= 15 is 0 Å². The zero-order chi connectivity index (χ0) is 12.5. The highest BCUT2D eigenvalue weighted by atomic mass is 32.2. The molecule has 0 fully saturated rings. The van der Waals surface area contributed by atoms with Crippen LogP contribution >= 0.6 is 0 Å². The van der Waals surface area contributed by atoms with Gasteiger partial charge in [-0.1, -0.05) is 24.6 Å². The van der Waals surface area contributed by atoms with Crippen molar-refractivity contribution in [3.05, 3.63) is 48.0 Å². The van der Waals surface area contributed by atoms with E-state index in [1.165, 1.54) is 16.4 Å². The molecule has 0 aliphatic heterocycles. The number of hydrogen-bond donors (Lipinski definition) is 0. The predicted octanol–water partition coefficient (Wildman–Crippen LogP) is 1.99. The van der Waals surface area contributed by atoms with Crippen molar-refractivity contribution in [2.24, 2.45) is 0 Å². The summed E-state index contributed by atoms with van der Waals surface area (Å²) in [5, 5.41) is 0. The lowest BCUT2D eigenvalue weighted by molar-refractivity contribution is 0.584. The zero-order valence-corrected chi connectivity index (χ0v) is 10.6. The Morgan fingerprint density at radius 2 is 1.88 bits per heavy atom. The third-order valence-electron chi connectivity index (χ3n) is 2.57. The standard InChI is InChI=1S/C12H14N2O2S/c1-3-12-13-8-9-14(12)17(15,16)11-6-4-10(2)5-7-11/h4-9H,3H2,1-2H3. The van der Waals surface area contributed by atoms with Crippen molar-refractivity contribution in [3.63, 3.8) is 0 Å². The Morgan fingerprint density at radius 1 is 1.24 bits per heavy atom. The Morgan fingerprint density at radius 3 is 2.47 bits per heavy atom. The summed E-state index contributed by atoms with van der Waals surface area (Å²) < 4.78 is 25.9. The maximum atomic E-state index is 12.3. The summed E-state index contributed by atoms with van der Waals surface area (Å²) in [7, 11) is -3.50. The highest BCUT2D eigenvalue weighted by molar-refractivity contribution is 7.90. The topological polar surface area (TPSA) is 52.0 Å². The monoisotopic (exact) mass is 250 g/mol. The molecule has 0 bridgehead atoms. The van der Waals surface area contributed by atoms with Crippen molar-refractivity contribution in [1.29, 1.82) is 0 Å². The van der Waals surface area contributed by atoms with E-state index in [-0.39, 0.29) is 4.90 Å². The molecule has 0 atom stereocenters. The van der Waals surface area contributed by atoms with E-state index < -0.39 is 10.0 Å². The molecule has 0 spiro atoms. The third kappa shape index (κ3) is 2.10. The van der Waals surface area contributed by atoms with Gasteiger partial charge in [-0.15, -0.1) is 0 Å². The van der Waals surface area contributed by atoms with Crippen LogP contribution in [-0.4, -0.2) is 17.4 Å². The second kappa shape index (κ2) is 4.33. The van der Waals surface area contributed by atoms with Crippen LogP contribution in [0.25, 0.3) is 0 Å². The van der Waals surface area contributed by atoms with Gasteiger partial charge in [0.2, 0.25) is 0 Å². The molecule has 0 amide bonds. The van der Waals surface area contributed by atoms with Gasteiger partial charge in [0.1, 0.15) is 5.82 Å². The fraction of sp³-hybridized carbons (Fsp3) is 0.250. The number of rotatable bonds is 3. The summed E-state index contributed by atoms with van der Waals surface area (Å²) in [5.74, 6) is 0.547. The first kappa shape index (κ1) is 11.9. The Hall–Kier alpha value is -1.62. The van der Waals surface area contributed by atoms with E-state index in [1.807, 2.05) is 13.8 Å². The van der Waals surface area contributed by atoms with Gasteiger partial charge in [0, 0.05) is 18.8 Å². The van der Waals surface area contributed by atoms with Crippen LogP contribution in [0, 0.1) is 6.92 Å². The average molecular weight is 250 g/mol. The van der Waals surface area contributed by atoms with Crippen LogP contribution in [-0.2, 0) is 16.4 Å². The average Bonchev–Trinajstić information content (AvgIpc) is 2.78. The van der Waals surface area contributed by atoms with E-state index in [0.29, 0.717) is 12.2 Å². The van der Waals surface area contributed by atoms with Gasteiger partial charge in [-0.05, 0) is 19.1 Å². The first-order valence-corrected chi connectivity index (χ1v) is 6.84. The minimum Gasteiger partial charge on any atom is -0.241 e. The molecule has 1 aromatic carbocycles. The van der Waals surface area contributed by atoms with Crippen molar-refractivity contribution < 1.29 is 8.42 Å². The lowest BCUT2D eigenvalue weighted by Crippen LogP contribution is -2.14. The zero-order valence-electron chi connectivity index (χ0n) is 9.79. The lowest BCUT2D eigenvalue weighted by Gasteiger charge is -2.08. The van der Waals surface area contributed by atoms with E-state index in [4.69, 9.17) is 0 Å². The van der Waals surface area contributed by atoms with Gasteiger partial charge in [0.05, 0.1) is 4.90 Å². The highest BCUT2D eigenvalue weighted by Crippen LogP contribution is 2.16. The Kier molecular flexibility index (Phi) is 3.02. The molecule has 2 rings (SSSR count).